The van der Waals surface area contributed by atoms with E-state index in [1.54, 1.807) is 0 Å². The smallest absolute Gasteiger partial charge is 0.0638 e. The van der Waals surface area contributed by atoms with E-state index in [9.17, 15) is 0 Å². The summed E-state index contributed by atoms with van der Waals surface area (Å²) >= 11 is 5.89. The molecule has 64 valence electrons. The summed E-state index contributed by atoms with van der Waals surface area (Å²) in [6.07, 6.45) is 1.19. The zero-order valence-corrected chi connectivity index (χ0v) is 7.43. The van der Waals surface area contributed by atoms with Gasteiger partial charge in [-0.05, 0) is 30.7 Å². The van der Waals surface area contributed by atoms with Crippen molar-refractivity contribution in [2.24, 2.45) is 0 Å². The van der Waals surface area contributed by atoms with Gasteiger partial charge < -0.3 is 11.1 Å². The zero-order chi connectivity index (χ0) is 8.55. The Balaban J connectivity index is 2.27. The molecule has 0 aromatic heterocycles. The molecular formula is C9H11ClN2. The molecule has 0 spiro atoms. The third-order valence-electron chi connectivity index (χ3n) is 2.25. The molecule has 0 radical (unpaired) electrons. The summed E-state index contributed by atoms with van der Waals surface area (Å²) in [7, 11) is 0. The minimum atomic E-state index is 0.489. The van der Waals surface area contributed by atoms with Gasteiger partial charge in [-0.2, -0.15) is 0 Å². The SMILES string of the molecule is Nc1ccc(C2CCN2)cc1Cl. The van der Waals surface area contributed by atoms with Gasteiger partial charge in [0.1, 0.15) is 0 Å². The van der Waals surface area contributed by atoms with Crippen molar-refractivity contribution in [3.8, 4) is 0 Å². The van der Waals surface area contributed by atoms with Crippen molar-refractivity contribution in [2.45, 2.75) is 12.5 Å². The van der Waals surface area contributed by atoms with E-state index in [0.717, 1.165) is 6.54 Å². The summed E-state index contributed by atoms with van der Waals surface area (Å²) in [5.74, 6) is 0. The fourth-order valence-electron chi connectivity index (χ4n) is 1.33. The summed E-state index contributed by atoms with van der Waals surface area (Å²) in [6.45, 7) is 1.10. The van der Waals surface area contributed by atoms with Crippen molar-refractivity contribution in [3.63, 3.8) is 0 Å². The van der Waals surface area contributed by atoms with Crippen molar-refractivity contribution in [1.82, 2.24) is 5.32 Å². The Hall–Kier alpha value is -0.730. The summed E-state index contributed by atoms with van der Waals surface area (Å²) in [6, 6.07) is 6.31. The predicted octanol–water partition coefficient (Wildman–Crippen LogP) is 1.96. The Morgan fingerprint density at radius 1 is 1.50 bits per heavy atom. The van der Waals surface area contributed by atoms with Crippen LogP contribution in [0.3, 0.4) is 0 Å². The molecule has 1 aliphatic heterocycles. The van der Waals surface area contributed by atoms with Crippen LogP contribution in [0.25, 0.3) is 0 Å². The third-order valence-corrected chi connectivity index (χ3v) is 2.58. The molecule has 2 rings (SSSR count). The highest BCUT2D eigenvalue weighted by Gasteiger charge is 2.18. The first-order valence-corrected chi connectivity index (χ1v) is 4.43. The fraction of sp³-hybridized carbons (Fsp3) is 0.333. The Kier molecular flexibility index (Phi) is 1.95. The molecule has 1 aromatic rings. The zero-order valence-electron chi connectivity index (χ0n) is 6.68. The van der Waals surface area contributed by atoms with Gasteiger partial charge in [0.15, 0.2) is 0 Å². The van der Waals surface area contributed by atoms with Gasteiger partial charge in [0, 0.05) is 6.04 Å². The maximum Gasteiger partial charge on any atom is 0.0638 e. The molecule has 0 saturated carbocycles. The van der Waals surface area contributed by atoms with E-state index >= 15 is 0 Å². The number of benzene rings is 1. The number of hydrogen-bond donors (Lipinski definition) is 2. The lowest BCUT2D eigenvalue weighted by atomic mass is 9.98. The highest BCUT2D eigenvalue weighted by molar-refractivity contribution is 6.33. The molecular weight excluding hydrogens is 172 g/mol. The topological polar surface area (TPSA) is 38.0 Å². The van der Waals surface area contributed by atoms with Crippen molar-refractivity contribution in [2.75, 3.05) is 12.3 Å². The number of anilines is 1. The van der Waals surface area contributed by atoms with E-state index < -0.39 is 0 Å². The van der Waals surface area contributed by atoms with E-state index in [-0.39, 0.29) is 0 Å². The van der Waals surface area contributed by atoms with Crippen LogP contribution >= 0.6 is 11.6 Å². The van der Waals surface area contributed by atoms with E-state index in [1.165, 1.54) is 12.0 Å². The molecule has 1 saturated heterocycles. The van der Waals surface area contributed by atoms with Crippen molar-refractivity contribution in [1.29, 1.82) is 0 Å². The Bertz CT molecular complexity index is 295. The molecule has 1 fully saturated rings. The quantitative estimate of drug-likeness (QED) is 0.652. The Morgan fingerprint density at radius 3 is 2.75 bits per heavy atom. The number of nitrogens with one attached hydrogen (secondary N) is 1. The first-order valence-electron chi connectivity index (χ1n) is 4.05. The number of hydrogen-bond acceptors (Lipinski definition) is 2. The van der Waals surface area contributed by atoms with Crippen molar-refractivity contribution < 1.29 is 0 Å². The van der Waals surface area contributed by atoms with Crippen LogP contribution in [-0.2, 0) is 0 Å². The number of halogens is 1. The van der Waals surface area contributed by atoms with Gasteiger partial charge in [-0.1, -0.05) is 17.7 Å². The van der Waals surface area contributed by atoms with Gasteiger partial charge in [-0.3, -0.25) is 0 Å². The minimum absolute atomic E-state index is 0.489. The standard InChI is InChI=1S/C9H11ClN2/c10-7-5-6(1-2-8(7)11)9-3-4-12-9/h1-2,5,9,12H,3-4,11H2. The molecule has 0 bridgehead atoms. The van der Waals surface area contributed by atoms with Gasteiger partial charge >= 0.3 is 0 Å². The van der Waals surface area contributed by atoms with Crippen LogP contribution in [0.15, 0.2) is 18.2 Å². The second-order valence-corrected chi connectivity index (χ2v) is 3.48. The van der Waals surface area contributed by atoms with Gasteiger partial charge in [0.2, 0.25) is 0 Å². The maximum atomic E-state index is 5.89. The lowest BCUT2D eigenvalue weighted by Crippen LogP contribution is -2.34. The van der Waals surface area contributed by atoms with Gasteiger partial charge in [-0.15, -0.1) is 0 Å². The Morgan fingerprint density at radius 2 is 2.25 bits per heavy atom. The van der Waals surface area contributed by atoms with Crippen LogP contribution in [0.4, 0.5) is 5.69 Å². The first kappa shape index (κ1) is 7.90. The molecule has 2 nitrogen and oxygen atoms in total. The number of nitrogens with two attached hydrogens (primary N) is 1. The minimum Gasteiger partial charge on any atom is -0.398 e. The monoisotopic (exact) mass is 182 g/mol. The molecule has 12 heavy (non-hydrogen) atoms. The first-order chi connectivity index (χ1) is 5.77. The van der Waals surface area contributed by atoms with Crippen molar-refractivity contribution in [3.05, 3.63) is 28.8 Å². The summed E-state index contributed by atoms with van der Waals surface area (Å²) in [4.78, 5) is 0. The van der Waals surface area contributed by atoms with Crippen LogP contribution < -0.4 is 11.1 Å². The van der Waals surface area contributed by atoms with Crippen LogP contribution in [0.2, 0.25) is 5.02 Å². The van der Waals surface area contributed by atoms with Gasteiger partial charge in [0.05, 0.1) is 10.7 Å². The van der Waals surface area contributed by atoms with Gasteiger partial charge in [-0.25, -0.2) is 0 Å². The average molecular weight is 183 g/mol. The van der Waals surface area contributed by atoms with Crippen LogP contribution in [0, 0.1) is 0 Å². The van der Waals surface area contributed by atoms with Gasteiger partial charge in [0.25, 0.3) is 0 Å². The average Bonchev–Trinajstić information content (AvgIpc) is 1.93. The van der Waals surface area contributed by atoms with E-state index in [4.69, 9.17) is 17.3 Å². The van der Waals surface area contributed by atoms with E-state index in [1.807, 2.05) is 18.2 Å². The lowest BCUT2D eigenvalue weighted by Gasteiger charge is -2.28. The molecule has 1 aliphatic rings. The molecule has 0 aliphatic carbocycles. The number of rotatable bonds is 1. The molecule has 1 unspecified atom stereocenters. The fourth-order valence-corrected chi connectivity index (χ4v) is 1.52. The van der Waals surface area contributed by atoms with E-state index in [2.05, 4.69) is 5.32 Å². The van der Waals surface area contributed by atoms with Crippen LogP contribution in [0.1, 0.15) is 18.0 Å². The second kappa shape index (κ2) is 2.96. The maximum absolute atomic E-state index is 5.89. The Labute approximate surface area is 76.7 Å². The summed E-state index contributed by atoms with van der Waals surface area (Å²) in [5, 5.41) is 3.96. The van der Waals surface area contributed by atoms with Crippen LogP contribution in [0.5, 0.6) is 0 Å². The summed E-state index contributed by atoms with van der Waals surface area (Å²) < 4.78 is 0. The summed E-state index contributed by atoms with van der Waals surface area (Å²) in [5.41, 5.74) is 7.49. The largest absolute Gasteiger partial charge is 0.398 e. The molecule has 1 heterocycles. The van der Waals surface area contributed by atoms with Crippen LogP contribution in [-0.4, -0.2) is 6.54 Å². The predicted molar refractivity (Wildman–Crippen MR) is 51.2 cm³/mol. The molecule has 3 heteroatoms. The normalized spacial score (nSPS) is 21.9. The molecule has 0 amide bonds. The molecule has 1 aromatic carbocycles. The molecule has 1 atom stereocenters. The lowest BCUT2D eigenvalue weighted by molar-refractivity contribution is 0.383. The second-order valence-electron chi connectivity index (χ2n) is 3.08. The highest BCUT2D eigenvalue weighted by Crippen LogP contribution is 2.27. The highest BCUT2D eigenvalue weighted by atomic mass is 35.5. The number of nitrogen functional groups attached to an aromatic ring is 1. The molecule has 3 N–H and O–H groups in total. The van der Waals surface area contributed by atoms with Crippen molar-refractivity contribution >= 4 is 17.3 Å². The third kappa shape index (κ3) is 1.28. The van der Waals surface area contributed by atoms with E-state index in [0.29, 0.717) is 16.8 Å².